The first-order chi connectivity index (χ1) is 9.54. The Labute approximate surface area is 121 Å². The van der Waals surface area contributed by atoms with Crippen molar-refractivity contribution < 1.29 is 14.9 Å². The molecule has 102 valence electrons. The van der Waals surface area contributed by atoms with Gasteiger partial charge in [0, 0.05) is 16.2 Å². The van der Waals surface area contributed by atoms with Crippen molar-refractivity contribution in [3.8, 4) is 17.2 Å². The molecule has 1 heterocycles. The average molecular weight is 289 g/mol. The number of allylic oxidation sites excluding steroid dienone is 1. The second-order valence-corrected chi connectivity index (χ2v) is 5.21. The van der Waals surface area contributed by atoms with E-state index < -0.39 is 0 Å². The molecule has 0 saturated heterocycles. The molecule has 0 aromatic heterocycles. The van der Waals surface area contributed by atoms with Crippen molar-refractivity contribution in [3.05, 3.63) is 52.5 Å². The van der Waals surface area contributed by atoms with Gasteiger partial charge in [0.05, 0.1) is 0 Å². The van der Waals surface area contributed by atoms with Gasteiger partial charge < -0.3 is 14.9 Å². The quantitative estimate of drug-likeness (QED) is 0.831. The molecular formula is C16H13ClO3. The number of fused-ring (bicyclic) bond motifs is 1. The molecule has 2 N–H and O–H groups in total. The van der Waals surface area contributed by atoms with Crippen molar-refractivity contribution in [3.63, 3.8) is 0 Å². The lowest BCUT2D eigenvalue weighted by molar-refractivity contribution is 0.363. The maximum absolute atomic E-state index is 9.66. The van der Waals surface area contributed by atoms with Gasteiger partial charge in [0.1, 0.15) is 23.9 Å². The normalized spacial score (nSPS) is 13.9. The highest BCUT2D eigenvalue weighted by atomic mass is 35.5. The van der Waals surface area contributed by atoms with Gasteiger partial charge in [-0.3, -0.25) is 0 Å². The Morgan fingerprint density at radius 2 is 1.85 bits per heavy atom. The van der Waals surface area contributed by atoms with Crippen molar-refractivity contribution in [2.75, 3.05) is 6.61 Å². The number of benzene rings is 2. The van der Waals surface area contributed by atoms with E-state index in [2.05, 4.69) is 0 Å². The van der Waals surface area contributed by atoms with Crippen LogP contribution in [0.5, 0.6) is 17.2 Å². The lowest BCUT2D eigenvalue weighted by atomic mass is 9.93. The molecule has 1 aliphatic rings. The molecule has 0 spiro atoms. The summed E-state index contributed by atoms with van der Waals surface area (Å²) in [6.45, 7) is 2.37. The van der Waals surface area contributed by atoms with Crippen molar-refractivity contribution in [1.29, 1.82) is 0 Å². The van der Waals surface area contributed by atoms with Gasteiger partial charge in [0.25, 0.3) is 0 Å². The number of hydrogen-bond acceptors (Lipinski definition) is 3. The summed E-state index contributed by atoms with van der Waals surface area (Å²) in [5.41, 5.74) is 3.62. The van der Waals surface area contributed by atoms with E-state index in [1.165, 1.54) is 6.07 Å². The highest BCUT2D eigenvalue weighted by molar-refractivity contribution is 6.31. The minimum atomic E-state index is 0.120. The van der Waals surface area contributed by atoms with E-state index in [4.69, 9.17) is 16.3 Å². The Morgan fingerprint density at radius 1 is 1.05 bits per heavy atom. The van der Waals surface area contributed by atoms with Crippen LogP contribution in [-0.2, 0) is 0 Å². The number of rotatable bonds is 1. The second kappa shape index (κ2) is 4.76. The number of hydrogen-bond donors (Lipinski definition) is 2. The van der Waals surface area contributed by atoms with E-state index in [1.54, 1.807) is 30.3 Å². The molecule has 0 fully saturated rings. The first kappa shape index (κ1) is 12.9. The van der Waals surface area contributed by atoms with E-state index in [0.717, 1.165) is 28.0 Å². The molecule has 0 unspecified atom stereocenters. The zero-order chi connectivity index (χ0) is 14.3. The predicted octanol–water partition coefficient (Wildman–Crippen LogP) is 4.07. The monoisotopic (exact) mass is 288 g/mol. The van der Waals surface area contributed by atoms with Gasteiger partial charge in [0.2, 0.25) is 0 Å². The summed E-state index contributed by atoms with van der Waals surface area (Å²) in [7, 11) is 0. The van der Waals surface area contributed by atoms with E-state index in [0.29, 0.717) is 11.6 Å². The fraction of sp³-hybridized carbons (Fsp3) is 0.125. The molecule has 2 aromatic rings. The van der Waals surface area contributed by atoms with Crippen LogP contribution in [-0.4, -0.2) is 16.8 Å². The third-order valence-corrected chi connectivity index (χ3v) is 3.64. The number of aromatic hydroxyl groups is 2. The second-order valence-electron chi connectivity index (χ2n) is 4.77. The van der Waals surface area contributed by atoms with Gasteiger partial charge in [0.15, 0.2) is 0 Å². The zero-order valence-corrected chi connectivity index (χ0v) is 11.6. The number of ether oxygens (including phenoxy) is 1. The third kappa shape index (κ3) is 2.21. The molecule has 0 atom stereocenters. The van der Waals surface area contributed by atoms with Crippen LogP contribution in [0.4, 0.5) is 0 Å². The molecule has 0 aliphatic carbocycles. The third-order valence-electron chi connectivity index (χ3n) is 3.42. The van der Waals surface area contributed by atoms with Crippen LogP contribution in [0.3, 0.4) is 0 Å². The first-order valence-electron chi connectivity index (χ1n) is 6.20. The summed E-state index contributed by atoms with van der Waals surface area (Å²) >= 11 is 5.98. The van der Waals surface area contributed by atoms with Gasteiger partial charge in [-0.2, -0.15) is 0 Å². The minimum absolute atomic E-state index is 0.120. The van der Waals surface area contributed by atoms with Crippen LogP contribution in [0.15, 0.2) is 36.4 Å². The van der Waals surface area contributed by atoms with Gasteiger partial charge in [-0.1, -0.05) is 11.6 Å². The molecule has 3 rings (SSSR count). The summed E-state index contributed by atoms with van der Waals surface area (Å²) in [6, 6.07) is 9.96. The van der Waals surface area contributed by atoms with Crippen molar-refractivity contribution in [2.45, 2.75) is 6.92 Å². The largest absolute Gasteiger partial charge is 0.508 e. The molecule has 2 aromatic carbocycles. The lowest BCUT2D eigenvalue weighted by Crippen LogP contribution is -2.09. The predicted molar refractivity (Wildman–Crippen MR) is 79.2 cm³/mol. The summed E-state index contributed by atoms with van der Waals surface area (Å²) in [5.74, 6) is 1.06. The Bertz CT molecular complexity index is 699. The molecule has 0 radical (unpaired) electrons. The average Bonchev–Trinajstić information content (AvgIpc) is 2.38. The first-order valence-corrected chi connectivity index (χ1v) is 6.58. The molecule has 20 heavy (non-hydrogen) atoms. The highest BCUT2D eigenvalue weighted by Crippen LogP contribution is 2.39. The molecule has 1 aliphatic heterocycles. The zero-order valence-electron chi connectivity index (χ0n) is 10.9. The fourth-order valence-electron chi connectivity index (χ4n) is 2.41. The van der Waals surface area contributed by atoms with E-state index >= 15 is 0 Å². The van der Waals surface area contributed by atoms with Gasteiger partial charge in [-0.15, -0.1) is 0 Å². The summed E-state index contributed by atoms with van der Waals surface area (Å²) in [6.07, 6.45) is 0. The molecule has 0 amide bonds. The number of phenolic OH excluding ortho intramolecular Hbond substituents is 2. The molecule has 3 nitrogen and oxygen atoms in total. The van der Waals surface area contributed by atoms with Crippen LogP contribution in [0.25, 0.3) is 11.1 Å². The standard InChI is InChI=1S/C16H13ClO3/c1-9-14-7-12(18)2-3-16(14)20-8-15(9)10-4-11(17)6-13(19)5-10/h2-7,18-19H,8H2,1H3. The van der Waals surface area contributed by atoms with Gasteiger partial charge in [-0.05, 0) is 54.5 Å². The van der Waals surface area contributed by atoms with E-state index in [1.807, 2.05) is 6.92 Å². The number of phenols is 2. The molecule has 0 saturated carbocycles. The maximum atomic E-state index is 9.66. The minimum Gasteiger partial charge on any atom is -0.508 e. The van der Waals surface area contributed by atoms with E-state index in [9.17, 15) is 10.2 Å². The van der Waals surface area contributed by atoms with Crippen LogP contribution >= 0.6 is 11.6 Å². The van der Waals surface area contributed by atoms with E-state index in [-0.39, 0.29) is 11.5 Å². The van der Waals surface area contributed by atoms with Crippen molar-refractivity contribution >= 4 is 22.7 Å². The molecular weight excluding hydrogens is 276 g/mol. The van der Waals surface area contributed by atoms with Crippen molar-refractivity contribution in [1.82, 2.24) is 0 Å². The SMILES string of the molecule is CC1=C(c2cc(O)cc(Cl)c2)COc2ccc(O)cc21. The van der Waals surface area contributed by atoms with Crippen LogP contribution in [0, 0.1) is 0 Å². The Kier molecular flexibility index (Phi) is 3.07. The Balaban J connectivity index is 2.16. The van der Waals surface area contributed by atoms with Crippen LogP contribution in [0.1, 0.15) is 18.1 Å². The lowest BCUT2D eigenvalue weighted by Gasteiger charge is -2.23. The Morgan fingerprint density at radius 3 is 2.60 bits per heavy atom. The van der Waals surface area contributed by atoms with Crippen LogP contribution < -0.4 is 4.74 Å². The summed E-state index contributed by atoms with van der Waals surface area (Å²) in [4.78, 5) is 0. The fourth-order valence-corrected chi connectivity index (χ4v) is 2.64. The number of halogens is 1. The van der Waals surface area contributed by atoms with Gasteiger partial charge in [-0.25, -0.2) is 0 Å². The maximum Gasteiger partial charge on any atom is 0.127 e. The summed E-state index contributed by atoms with van der Waals surface area (Å²) < 4.78 is 5.70. The molecule has 0 bridgehead atoms. The van der Waals surface area contributed by atoms with Crippen molar-refractivity contribution in [2.24, 2.45) is 0 Å². The highest BCUT2D eigenvalue weighted by Gasteiger charge is 2.19. The summed E-state index contributed by atoms with van der Waals surface area (Å²) in [5, 5.41) is 19.7. The topological polar surface area (TPSA) is 49.7 Å². The van der Waals surface area contributed by atoms with Crippen LogP contribution in [0.2, 0.25) is 5.02 Å². The Hall–Kier alpha value is -2.13. The van der Waals surface area contributed by atoms with Gasteiger partial charge >= 0.3 is 0 Å². The molecule has 4 heteroatoms. The smallest absolute Gasteiger partial charge is 0.127 e.